The van der Waals surface area contributed by atoms with Crippen LogP contribution in [-0.4, -0.2) is 51.0 Å². The molecular weight excluding hydrogens is 330 g/mol. The molecule has 1 N–H and O–H groups in total. The minimum absolute atomic E-state index is 0.131. The topological polar surface area (TPSA) is 67.6 Å². The molecule has 0 spiro atoms. The third kappa shape index (κ3) is 4.43. The molecular formula is C20H27N3O3. The highest BCUT2D eigenvalue weighted by Crippen LogP contribution is 2.24. The number of carbonyl (C=O) groups excluding carboxylic acids is 1. The summed E-state index contributed by atoms with van der Waals surface area (Å²) in [6, 6.07) is 9.49. The second-order valence-electron chi connectivity index (χ2n) is 7.12. The highest BCUT2D eigenvalue weighted by Gasteiger charge is 2.36. The predicted octanol–water partition coefficient (Wildman–Crippen LogP) is 2.65. The molecule has 0 unspecified atom stereocenters. The van der Waals surface area contributed by atoms with Crippen LogP contribution in [0.25, 0.3) is 0 Å². The van der Waals surface area contributed by atoms with Gasteiger partial charge in [0, 0.05) is 19.3 Å². The van der Waals surface area contributed by atoms with Gasteiger partial charge < -0.3 is 14.7 Å². The van der Waals surface area contributed by atoms with Crippen LogP contribution in [0.3, 0.4) is 0 Å². The van der Waals surface area contributed by atoms with Gasteiger partial charge in [-0.25, -0.2) is 0 Å². The van der Waals surface area contributed by atoms with Crippen LogP contribution >= 0.6 is 0 Å². The van der Waals surface area contributed by atoms with E-state index in [0.29, 0.717) is 18.7 Å². The molecule has 140 valence electrons. The van der Waals surface area contributed by atoms with Gasteiger partial charge in [-0.15, -0.1) is 0 Å². The number of benzene rings is 1. The highest BCUT2D eigenvalue weighted by molar-refractivity contribution is 5.92. The third-order valence-electron chi connectivity index (χ3n) is 4.65. The van der Waals surface area contributed by atoms with Crippen LogP contribution in [0.15, 0.2) is 36.5 Å². The Labute approximate surface area is 154 Å². The zero-order valence-electron chi connectivity index (χ0n) is 15.5. The number of amides is 1. The van der Waals surface area contributed by atoms with Gasteiger partial charge in [-0.05, 0) is 49.9 Å². The van der Waals surface area contributed by atoms with Crippen molar-refractivity contribution in [2.75, 3.05) is 19.7 Å². The number of ether oxygens (including phenoxy) is 1. The Morgan fingerprint density at radius 2 is 2.23 bits per heavy atom. The molecule has 0 saturated carbocycles. The number of hydrogen-bond donors (Lipinski definition) is 1. The van der Waals surface area contributed by atoms with Crippen molar-refractivity contribution >= 4 is 5.91 Å². The Hall–Kier alpha value is -2.34. The van der Waals surface area contributed by atoms with Crippen molar-refractivity contribution in [3.05, 3.63) is 47.8 Å². The normalized spacial score (nSPS) is 20.2. The van der Waals surface area contributed by atoms with Crippen molar-refractivity contribution in [2.45, 2.75) is 45.3 Å². The maximum atomic E-state index is 12.7. The molecule has 6 heteroatoms. The van der Waals surface area contributed by atoms with Gasteiger partial charge in [-0.3, -0.25) is 9.48 Å². The van der Waals surface area contributed by atoms with Crippen molar-refractivity contribution < 1.29 is 14.6 Å². The van der Waals surface area contributed by atoms with Crippen molar-refractivity contribution in [1.29, 1.82) is 0 Å². The first-order chi connectivity index (χ1) is 12.5. The Balaban J connectivity index is 1.62. The Bertz CT molecular complexity index is 758. The second-order valence-corrected chi connectivity index (χ2v) is 7.12. The molecule has 6 nitrogen and oxygen atoms in total. The number of aromatic nitrogens is 2. The maximum Gasteiger partial charge on any atom is 0.274 e. The fourth-order valence-corrected chi connectivity index (χ4v) is 3.32. The average molecular weight is 357 g/mol. The Morgan fingerprint density at radius 3 is 3.00 bits per heavy atom. The van der Waals surface area contributed by atoms with E-state index in [4.69, 9.17) is 4.74 Å². The molecule has 1 aromatic carbocycles. The smallest absolute Gasteiger partial charge is 0.274 e. The van der Waals surface area contributed by atoms with E-state index in [0.717, 1.165) is 30.7 Å². The zero-order chi connectivity index (χ0) is 18.6. The molecule has 1 amide bonds. The minimum Gasteiger partial charge on any atom is -0.491 e. The molecule has 0 radical (unpaired) electrons. The van der Waals surface area contributed by atoms with Crippen molar-refractivity contribution in [2.24, 2.45) is 0 Å². The first kappa shape index (κ1) is 18.5. The van der Waals surface area contributed by atoms with Gasteiger partial charge in [0.1, 0.15) is 23.7 Å². The average Bonchev–Trinajstić information content (AvgIpc) is 3.09. The number of aliphatic hydroxyl groups is 1. The monoisotopic (exact) mass is 357 g/mol. The summed E-state index contributed by atoms with van der Waals surface area (Å²) in [5, 5.41) is 15.3. The van der Waals surface area contributed by atoms with E-state index in [-0.39, 0.29) is 19.1 Å². The number of likely N-dealkylation sites (tertiary alicyclic amines) is 1. The summed E-state index contributed by atoms with van der Waals surface area (Å²) in [6.45, 7) is 5.93. The van der Waals surface area contributed by atoms with E-state index >= 15 is 0 Å². The second kappa shape index (κ2) is 7.91. The van der Waals surface area contributed by atoms with Crippen LogP contribution in [0.2, 0.25) is 0 Å². The van der Waals surface area contributed by atoms with Crippen molar-refractivity contribution in [3.8, 4) is 5.75 Å². The molecule has 1 aliphatic rings. The van der Waals surface area contributed by atoms with Crippen LogP contribution < -0.4 is 4.74 Å². The van der Waals surface area contributed by atoms with Gasteiger partial charge in [0.15, 0.2) is 0 Å². The first-order valence-corrected chi connectivity index (χ1v) is 9.24. The number of carbonyl (C=O) groups is 1. The molecule has 1 fully saturated rings. The van der Waals surface area contributed by atoms with E-state index in [9.17, 15) is 9.90 Å². The van der Waals surface area contributed by atoms with Crippen LogP contribution in [-0.2, 0) is 6.54 Å². The standard InChI is InChI=1S/C20H27N3O3/c1-3-10-23-12-8-18(21-23)19(24)22-11-5-9-20(25,14-22)15-26-17-7-4-6-16(2)13-17/h4,6-8,12-13,25H,3,5,9-11,14-15H2,1-2H3/t20-/m1/s1. The lowest BCUT2D eigenvalue weighted by Crippen LogP contribution is -2.53. The molecule has 1 saturated heterocycles. The summed E-state index contributed by atoms with van der Waals surface area (Å²) in [7, 11) is 0. The van der Waals surface area contributed by atoms with Gasteiger partial charge >= 0.3 is 0 Å². The number of aryl methyl sites for hydroxylation is 2. The predicted molar refractivity (Wildman–Crippen MR) is 99.3 cm³/mol. The zero-order valence-corrected chi connectivity index (χ0v) is 15.5. The molecule has 0 aliphatic carbocycles. The number of rotatable bonds is 6. The van der Waals surface area contributed by atoms with Gasteiger partial charge in [-0.1, -0.05) is 19.1 Å². The number of β-amino-alcohol motifs (C(OH)–C–C–N with tert-alkyl or cyclic N) is 1. The lowest BCUT2D eigenvalue weighted by Gasteiger charge is -2.38. The van der Waals surface area contributed by atoms with Crippen molar-refractivity contribution in [1.82, 2.24) is 14.7 Å². The SMILES string of the molecule is CCCn1ccc(C(=O)N2CCC[C@](O)(COc3cccc(C)c3)C2)n1. The summed E-state index contributed by atoms with van der Waals surface area (Å²) >= 11 is 0. The lowest BCUT2D eigenvalue weighted by molar-refractivity contribution is -0.0533. The lowest BCUT2D eigenvalue weighted by atomic mass is 9.93. The fourth-order valence-electron chi connectivity index (χ4n) is 3.32. The van der Waals surface area contributed by atoms with Gasteiger partial charge in [0.2, 0.25) is 0 Å². The summed E-state index contributed by atoms with van der Waals surface area (Å²) in [6.07, 6.45) is 4.16. The molecule has 0 bridgehead atoms. The largest absolute Gasteiger partial charge is 0.491 e. The molecule has 2 aromatic rings. The molecule has 1 aliphatic heterocycles. The van der Waals surface area contributed by atoms with Gasteiger partial charge in [-0.2, -0.15) is 5.10 Å². The van der Waals surface area contributed by atoms with E-state index in [1.807, 2.05) is 37.4 Å². The number of nitrogens with zero attached hydrogens (tertiary/aromatic N) is 3. The third-order valence-corrected chi connectivity index (χ3v) is 4.65. The summed E-state index contributed by atoms with van der Waals surface area (Å²) in [5.74, 6) is 0.605. The van der Waals surface area contributed by atoms with Gasteiger partial charge in [0.25, 0.3) is 5.91 Å². The molecule has 26 heavy (non-hydrogen) atoms. The molecule has 1 atom stereocenters. The fraction of sp³-hybridized carbons (Fsp3) is 0.500. The van der Waals surface area contributed by atoms with Crippen LogP contribution in [0.5, 0.6) is 5.75 Å². The van der Waals surface area contributed by atoms with E-state index in [1.165, 1.54) is 0 Å². The van der Waals surface area contributed by atoms with Crippen LogP contribution in [0, 0.1) is 6.92 Å². The summed E-state index contributed by atoms with van der Waals surface area (Å²) in [4.78, 5) is 14.4. The molecule has 3 rings (SSSR count). The minimum atomic E-state index is -1.04. The van der Waals surface area contributed by atoms with E-state index in [1.54, 1.807) is 15.6 Å². The van der Waals surface area contributed by atoms with E-state index < -0.39 is 5.60 Å². The Kier molecular flexibility index (Phi) is 5.61. The summed E-state index contributed by atoms with van der Waals surface area (Å²) in [5.41, 5.74) is 0.504. The van der Waals surface area contributed by atoms with E-state index in [2.05, 4.69) is 12.0 Å². The highest BCUT2D eigenvalue weighted by atomic mass is 16.5. The van der Waals surface area contributed by atoms with Crippen LogP contribution in [0.1, 0.15) is 42.2 Å². The maximum absolute atomic E-state index is 12.7. The quantitative estimate of drug-likeness (QED) is 0.863. The molecule has 2 heterocycles. The first-order valence-electron chi connectivity index (χ1n) is 9.24. The Morgan fingerprint density at radius 1 is 1.38 bits per heavy atom. The van der Waals surface area contributed by atoms with Crippen LogP contribution in [0.4, 0.5) is 0 Å². The molecule has 1 aromatic heterocycles. The summed E-state index contributed by atoms with van der Waals surface area (Å²) < 4.78 is 7.57. The number of piperidine rings is 1. The number of hydrogen-bond acceptors (Lipinski definition) is 4. The van der Waals surface area contributed by atoms with Crippen molar-refractivity contribution in [3.63, 3.8) is 0 Å². The van der Waals surface area contributed by atoms with Gasteiger partial charge in [0.05, 0.1) is 6.54 Å².